The van der Waals surface area contributed by atoms with Crippen LogP contribution < -0.4 is 11.1 Å². The second kappa shape index (κ2) is 5.27. The van der Waals surface area contributed by atoms with E-state index in [9.17, 15) is 9.90 Å². The smallest absolute Gasteiger partial charge is 0.412 e. The minimum Gasteiger partial charge on any atom is -0.506 e. The second-order valence-corrected chi connectivity index (χ2v) is 5.19. The number of nitrogens with one attached hydrogen (secondary N) is 1. The number of phenols is 1. The van der Waals surface area contributed by atoms with E-state index >= 15 is 0 Å². The number of hydrogen-bond donors (Lipinski definition) is 3. The number of anilines is 1. The predicted molar refractivity (Wildman–Crippen MR) is 70.6 cm³/mol. The third-order valence-electron chi connectivity index (χ3n) is 2.18. The van der Waals surface area contributed by atoms with Crippen LogP contribution in [-0.4, -0.2) is 16.8 Å². The number of amides is 1. The van der Waals surface area contributed by atoms with Crippen LogP contribution in [0.25, 0.3) is 0 Å². The summed E-state index contributed by atoms with van der Waals surface area (Å²) in [5.74, 6) is -0.0318. The third kappa shape index (κ3) is 4.25. The van der Waals surface area contributed by atoms with Crippen molar-refractivity contribution >= 4 is 11.8 Å². The second-order valence-electron chi connectivity index (χ2n) is 5.19. The quantitative estimate of drug-likeness (QED) is 0.706. The Morgan fingerprint density at radius 3 is 2.50 bits per heavy atom. The van der Waals surface area contributed by atoms with E-state index in [1.807, 2.05) is 6.92 Å². The summed E-state index contributed by atoms with van der Waals surface area (Å²) >= 11 is 0. The highest BCUT2D eigenvalue weighted by atomic mass is 16.6. The molecular formula is C13H20N2O3. The van der Waals surface area contributed by atoms with E-state index in [2.05, 4.69) is 5.32 Å². The maximum absolute atomic E-state index is 11.5. The molecule has 18 heavy (non-hydrogen) atoms. The molecule has 5 nitrogen and oxygen atoms in total. The number of ether oxygens (including phenoxy) is 1. The highest BCUT2D eigenvalue weighted by Gasteiger charge is 2.17. The molecule has 0 aliphatic rings. The summed E-state index contributed by atoms with van der Waals surface area (Å²) in [6.45, 7) is 7.12. The maximum Gasteiger partial charge on any atom is 0.412 e. The molecule has 100 valence electrons. The van der Waals surface area contributed by atoms with E-state index in [1.165, 1.54) is 6.07 Å². The lowest BCUT2D eigenvalue weighted by Crippen LogP contribution is -2.27. The molecule has 1 atom stereocenters. The summed E-state index contributed by atoms with van der Waals surface area (Å²) in [5, 5.41) is 12.2. The van der Waals surface area contributed by atoms with Crippen LogP contribution in [0.1, 0.15) is 39.3 Å². The normalized spacial score (nSPS) is 12.9. The minimum atomic E-state index is -0.605. The van der Waals surface area contributed by atoms with Gasteiger partial charge in [-0.15, -0.1) is 0 Å². The van der Waals surface area contributed by atoms with Crippen molar-refractivity contribution in [2.24, 2.45) is 5.73 Å². The van der Waals surface area contributed by atoms with Crippen molar-refractivity contribution in [1.82, 2.24) is 0 Å². The van der Waals surface area contributed by atoms with Gasteiger partial charge in [0.05, 0.1) is 5.69 Å². The molecule has 1 aromatic carbocycles. The number of benzene rings is 1. The van der Waals surface area contributed by atoms with Crippen molar-refractivity contribution in [3.63, 3.8) is 0 Å². The zero-order chi connectivity index (χ0) is 13.9. The Kier molecular flexibility index (Phi) is 4.19. The van der Waals surface area contributed by atoms with Gasteiger partial charge in [0.2, 0.25) is 0 Å². The molecule has 1 amide bonds. The van der Waals surface area contributed by atoms with Crippen molar-refractivity contribution in [2.45, 2.75) is 39.3 Å². The first kappa shape index (κ1) is 14.3. The Bertz CT molecular complexity index is 436. The molecule has 4 N–H and O–H groups in total. The molecule has 0 saturated carbocycles. The molecule has 0 unspecified atom stereocenters. The molecule has 0 radical (unpaired) electrons. The van der Waals surface area contributed by atoms with E-state index < -0.39 is 11.7 Å². The fourth-order valence-electron chi connectivity index (χ4n) is 1.35. The van der Waals surface area contributed by atoms with Crippen molar-refractivity contribution in [3.8, 4) is 5.75 Å². The maximum atomic E-state index is 11.5. The SMILES string of the molecule is C[C@H](N)c1ccc(NC(=O)OC(C)(C)C)c(O)c1. The van der Waals surface area contributed by atoms with Crippen LogP contribution in [0.4, 0.5) is 10.5 Å². The average Bonchev–Trinajstić information content (AvgIpc) is 2.17. The fraction of sp³-hybridized carbons (Fsp3) is 0.462. The Hall–Kier alpha value is -1.75. The summed E-state index contributed by atoms with van der Waals surface area (Å²) in [6.07, 6.45) is -0.605. The van der Waals surface area contributed by atoms with Crippen LogP contribution in [0.3, 0.4) is 0 Å². The molecule has 0 bridgehead atoms. The number of hydrogen-bond acceptors (Lipinski definition) is 4. The first-order chi connectivity index (χ1) is 8.19. The van der Waals surface area contributed by atoms with Gasteiger partial charge >= 0.3 is 6.09 Å². The lowest BCUT2D eigenvalue weighted by Gasteiger charge is -2.20. The lowest BCUT2D eigenvalue weighted by atomic mass is 10.1. The van der Waals surface area contributed by atoms with Gasteiger partial charge in [-0.25, -0.2) is 4.79 Å². The van der Waals surface area contributed by atoms with Crippen molar-refractivity contribution in [3.05, 3.63) is 23.8 Å². The molecule has 0 aliphatic carbocycles. The first-order valence-corrected chi connectivity index (χ1v) is 5.77. The van der Waals surface area contributed by atoms with E-state index in [-0.39, 0.29) is 11.8 Å². The predicted octanol–water partition coefficient (Wildman–Crippen LogP) is 2.76. The Labute approximate surface area is 107 Å². The summed E-state index contributed by atoms with van der Waals surface area (Å²) in [4.78, 5) is 11.5. The summed E-state index contributed by atoms with van der Waals surface area (Å²) in [5.41, 5.74) is 6.21. The van der Waals surface area contributed by atoms with Gasteiger partial charge in [-0.1, -0.05) is 6.07 Å². The molecule has 0 fully saturated rings. The van der Waals surface area contributed by atoms with Crippen LogP contribution in [0.15, 0.2) is 18.2 Å². The Balaban J connectivity index is 2.77. The van der Waals surface area contributed by atoms with Crippen molar-refractivity contribution < 1.29 is 14.6 Å². The van der Waals surface area contributed by atoms with Gasteiger partial charge in [-0.3, -0.25) is 5.32 Å². The van der Waals surface area contributed by atoms with Crippen molar-refractivity contribution in [2.75, 3.05) is 5.32 Å². The van der Waals surface area contributed by atoms with E-state index in [1.54, 1.807) is 32.9 Å². The number of carbonyl (C=O) groups is 1. The van der Waals surface area contributed by atoms with E-state index in [4.69, 9.17) is 10.5 Å². The molecule has 0 aromatic heterocycles. The molecule has 0 saturated heterocycles. The van der Waals surface area contributed by atoms with Crippen LogP contribution in [-0.2, 0) is 4.74 Å². The zero-order valence-electron chi connectivity index (χ0n) is 11.2. The number of carbonyl (C=O) groups excluding carboxylic acids is 1. The molecular weight excluding hydrogens is 232 g/mol. The number of aromatic hydroxyl groups is 1. The Morgan fingerprint density at radius 2 is 2.06 bits per heavy atom. The van der Waals surface area contributed by atoms with E-state index in [0.717, 1.165) is 5.56 Å². The summed E-state index contributed by atoms with van der Waals surface area (Å²) in [7, 11) is 0. The summed E-state index contributed by atoms with van der Waals surface area (Å²) < 4.78 is 5.09. The Morgan fingerprint density at radius 1 is 1.44 bits per heavy atom. The standard InChI is InChI=1S/C13H20N2O3/c1-8(14)9-5-6-10(11(16)7-9)15-12(17)18-13(2,3)4/h5-8,16H,14H2,1-4H3,(H,15,17)/t8-/m0/s1. The monoisotopic (exact) mass is 252 g/mol. The molecule has 1 aromatic rings. The minimum absolute atomic E-state index is 0.0318. The zero-order valence-corrected chi connectivity index (χ0v) is 11.2. The summed E-state index contributed by atoms with van der Waals surface area (Å²) in [6, 6.07) is 4.69. The van der Waals surface area contributed by atoms with Gasteiger partial charge in [-0.05, 0) is 45.4 Å². The van der Waals surface area contributed by atoms with Gasteiger partial charge < -0.3 is 15.6 Å². The van der Waals surface area contributed by atoms with E-state index in [0.29, 0.717) is 5.69 Å². The van der Waals surface area contributed by atoms with Crippen LogP contribution in [0.2, 0.25) is 0 Å². The third-order valence-corrected chi connectivity index (χ3v) is 2.18. The molecule has 5 heteroatoms. The van der Waals surface area contributed by atoms with Gasteiger partial charge in [0.15, 0.2) is 0 Å². The van der Waals surface area contributed by atoms with Crippen molar-refractivity contribution in [1.29, 1.82) is 0 Å². The van der Waals surface area contributed by atoms with Crippen LogP contribution in [0.5, 0.6) is 5.75 Å². The fourth-order valence-corrected chi connectivity index (χ4v) is 1.35. The highest BCUT2D eigenvalue weighted by molar-refractivity contribution is 5.86. The molecule has 1 rings (SSSR count). The lowest BCUT2D eigenvalue weighted by molar-refractivity contribution is 0.0635. The van der Waals surface area contributed by atoms with Gasteiger partial charge in [0.25, 0.3) is 0 Å². The highest BCUT2D eigenvalue weighted by Crippen LogP contribution is 2.26. The average molecular weight is 252 g/mol. The van der Waals surface area contributed by atoms with Crippen LogP contribution in [0, 0.1) is 0 Å². The number of phenolic OH excluding ortho intramolecular Hbond substituents is 1. The molecule has 0 heterocycles. The number of rotatable bonds is 2. The largest absolute Gasteiger partial charge is 0.506 e. The van der Waals surface area contributed by atoms with Crippen LogP contribution >= 0.6 is 0 Å². The van der Waals surface area contributed by atoms with Gasteiger partial charge in [0.1, 0.15) is 11.4 Å². The van der Waals surface area contributed by atoms with Gasteiger partial charge in [0, 0.05) is 6.04 Å². The first-order valence-electron chi connectivity index (χ1n) is 5.77. The molecule has 0 spiro atoms. The number of nitrogens with two attached hydrogens (primary N) is 1. The molecule has 0 aliphatic heterocycles. The topological polar surface area (TPSA) is 84.6 Å². The van der Waals surface area contributed by atoms with Gasteiger partial charge in [-0.2, -0.15) is 0 Å².